The van der Waals surface area contributed by atoms with Gasteiger partial charge in [-0.25, -0.2) is 0 Å². The molecule has 0 saturated heterocycles. The molecule has 0 heterocycles. The lowest BCUT2D eigenvalue weighted by Gasteiger charge is -2.21. The highest BCUT2D eigenvalue weighted by Gasteiger charge is 2.28. The van der Waals surface area contributed by atoms with Crippen molar-refractivity contribution in [2.45, 2.75) is 75.1 Å². The fourth-order valence-electron chi connectivity index (χ4n) is 1.32. The molecule has 0 aliphatic heterocycles. The monoisotopic (exact) mass is 286 g/mol. The van der Waals surface area contributed by atoms with Gasteiger partial charge in [0.2, 0.25) is 0 Å². The van der Waals surface area contributed by atoms with Gasteiger partial charge in [-0.1, -0.05) is 43.2 Å². The zero-order valence-corrected chi connectivity index (χ0v) is 9.83. The van der Waals surface area contributed by atoms with Gasteiger partial charge < -0.3 is 14.5 Å². The van der Waals surface area contributed by atoms with Gasteiger partial charge in [0.25, 0.3) is 0 Å². The van der Waals surface area contributed by atoms with E-state index in [2.05, 4.69) is 6.58 Å². The van der Waals surface area contributed by atoms with Gasteiger partial charge in [0.1, 0.15) is 0 Å². The van der Waals surface area contributed by atoms with E-state index < -0.39 is 13.3 Å². The second kappa shape index (κ2) is 13.1. The van der Waals surface area contributed by atoms with E-state index in [4.69, 9.17) is 14.5 Å². The average Bonchev–Trinajstić information content (AvgIpc) is 1.96. The van der Waals surface area contributed by atoms with Gasteiger partial charge in [-0.15, -0.1) is 0 Å². The van der Waals surface area contributed by atoms with Gasteiger partial charge in [-0.05, 0) is 26.7 Å². The molecule has 0 aromatic rings. The molecule has 0 saturated carbocycles. The molecular weight excluding hydrogens is 251 g/mol. The van der Waals surface area contributed by atoms with Crippen LogP contribution >= 0.6 is 7.60 Å². The van der Waals surface area contributed by atoms with E-state index in [0.29, 0.717) is 18.6 Å². The molecule has 0 rings (SSSR count). The van der Waals surface area contributed by atoms with Crippen LogP contribution in [0.25, 0.3) is 0 Å². The molecule has 4 nitrogen and oxygen atoms in total. The summed E-state index contributed by atoms with van der Waals surface area (Å²) in [7, 11) is -3.98. The van der Waals surface area contributed by atoms with Crippen LogP contribution in [0.3, 0.4) is 0 Å². The third-order valence-electron chi connectivity index (χ3n) is 1.95. The molecule has 0 aliphatic rings. The molecule has 0 amide bonds. The molecule has 2 unspecified atom stereocenters. The lowest BCUT2D eigenvalue weighted by atomic mass is 10.2. The van der Waals surface area contributed by atoms with Crippen LogP contribution < -0.4 is 0 Å². The van der Waals surface area contributed by atoms with Crippen LogP contribution in [0.1, 0.15) is 63.3 Å². The smallest absolute Gasteiger partial charge is 0.328 e. The van der Waals surface area contributed by atoms with Crippen LogP contribution in [0.2, 0.25) is 0 Å². The summed E-state index contributed by atoms with van der Waals surface area (Å²) < 4.78 is 16.2. The zero-order valence-electron chi connectivity index (χ0n) is 8.93. The van der Waals surface area contributed by atoms with E-state index in [9.17, 15) is 4.57 Å². The van der Waals surface area contributed by atoms with E-state index in [-0.39, 0.29) is 35.8 Å². The Bertz CT molecular complexity index is 235. The second-order valence-electron chi connectivity index (χ2n) is 3.52. The molecule has 0 bridgehead atoms. The minimum atomic E-state index is -3.98. The molecule has 0 aliphatic carbocycles. The predicted molar refractivity (Wildman–Crippen MR) is 83.0 cm³/mol. The normalized spacial score (nSPS) is 12.5. The summed E-state index contributed by atoms with van der Waals surface area (Å²) in [5.74, 6) is 0.568. The molecule has 0 aromatic heterocycles. The first-order chi connectivity index (χ1) is 6.27. The van der Waals surface area contributed by atoms with Crippen molar-refractivity contribution in [3.05, 3.63) is 12.3 Å². The molecule has 0 aromatic carbocycles. The first kappa shape index (κ1) is 30.6. The SMILES string of the molecule is C.C.C.C.C=C(C)OC(C)CC(CC)P(=O)(O)O. The number of ether oxygens (including phenoxy) is 1. The molecule has 0 fully saturated rings. The Morgan fingerprint density at radius 2 is 1.67 bits per heavy atom. The van der Waals surface area contributed by atoms with Crippen molar-refractivity contribution in [2.24, 2.45) is 0 Å². The molecule has 116 valence electrons. The summed E-state index contributed by atoms with van der Waals surface area (Å²) in [6, 6.07) is 0. The first-order valence-corrected chi connectivity index (χ1v) is 6.32. The van der Waals surface area contributed by atoms with Crippen LogP contribution in [-0.2, 0) is 9.30 Å². The highest BCUT2D eigenvalue weighted by atomic mass is 31.2. The number of allylic oxidation sites excluding steroid dienone is 1. The Balaban J connectivity index is -0.000000141. The maximum Gasteiger partial charge on any atom is 0.328 e. The average molecular weight is 286 g/mol. The standard InChI is InChI=1S/C9H19O4P.4CH4/c1-5-9(14(10,11)12)6-8(4)13-7(2)3;;;;/h8-9H,2,5-6H2,1,3-4H3,(H2,10,11,12);4*1H4. The van der Waals surface area contributed by atoms with Crippen LogP contribution in [0.15, 0.2) is 12.3 Å². The molecular formula is C13H35O4P. The van der Waals surface area contributed by atoms with Crippen molar-refractivity contribution >= 4 is 7.60 Å². The van der Waals surface area contributed by atoms with E-state index in [0.717, 1.165) is 0 Å². The molecule has 18 heavy (non-hydrogen) atoms. The molecule has 0 radical (unpaired) electrons. The fourth-order valence-corrected chi connectivity index (χ4v) is 2.36. The van der Waals surface area contributed by atoms with E-state index in [1.54, 1.807) is 20.8 Å². The summed E-state index contributed by atoms with van der Waals surface area (Å²) in [5.41, 5.74) is -0.614. The Morgan fingerprint density at radius 3 is 1.89 bits per heavy atom. The Labute approximate surface area is 115 Å². The maximum absolute atomic E-state index is 11.0. The largest absolute Gasteiger partial charge is 0.496 e. The van der Waals surface area contributed by atoms with Gasteiger partial charge in [-0.2, -0.15) is 0 Å². The lowest BCUT2D eigenvalue weighted by molar-refractivity contribution is 0.122. The van der Waals surface area contributed by atoms with E-state index >= 15 is 0 Å². The third-order valence-corrected chi connectivity index (χ3v) is 3.48. The Hall–Kier alpha value is -0.310. The highest BCUT2D eigenvalue weighted by Crippen LogP contribution is 2.45. The first-order valence-electron chi connectivity index (χ1n) is 4.64. The van der Waals surface area contributed by atoms with Crippen molar-refractivity contribution in [3.63, 3.8) is 0 Å². The quantitative estimate of drug-likeness (QED) is 0.543. The van der Waals surface area contributed by atoms with Gasteiger partial charge >= 0.3 is 7.60 Å². The van der Waals surface area contributed by atoms with E-state index in [1.165, 1.54) is 0 Å². The molecule has 0 spiro atoms. The Kier molecular flexibility index (Phi) is 22.3. The van der Waals surface area contributed by atoms with Crippen LogP contribution in [0.5, 0.6) is 0 Å². The predicted octanol–water partition coefficient (Wildman–Crippen LogP) is 4.82. The van der Waals surface area contributed by atoms with Crippen molar-refractivity contribution in [1.82, 2.24) is 0 Å². The summed E-state index contributed by atoms with van der Waals surface area (Å²) in [6.07, 6.45) is 0.604. The highest BCUT2D eigenvalue weighted by molar-refractivity contribution is 7.52. The lowest BCUT2D eigenvalue weighted by Crippen LogP contribution is -2.17. The number of rotatable bonds is 6. The second-order valence-corrected chi connectivity index (χ2v) is 5.43. The summed E-state index contributed by atoms with van der Waals surface area (Å²) in [5, 5.41) is 0. The molecule has 5 heteroatoms. The Morgan fingerprint density at radius 1 is 1.28 bits per heavy atom. The van der Waals surface area contributed by atoms with Crippen molar-refractivity contribution < 1.29 is 19.1 Å². The minimum absolute atomic E-state index is 0. The van der Waals surface area contributed by atoms with Crippen LogP contribution in [0.4, 0.5) is 0 Å². The van der Waals surface area contributed by atoms with Gasteiger partial charge in [0.15, 0.2) is 0 Å². The minimum Gasteiger partial charge on any atom is -0.496 e. The maximum atomic E-state index is 11.0. The number of hydrogen-bond acceptors (Lipinski definition) is 2. The third kappa shape index (κ3) is 13.8. The van der Waals surface area contributed by atoms with Crippen molar-refractivity contribution in [1.29, 1.82) is 0 Å². The van der Waals surface area contributed by atoms with E-state index in [1.807, 2.05) is 0 Å². The summed E-state index contributed by atoms with van der Waals surface area (Å²) in [4.78, 5) is 18.0. The molecule has 2 atom stereocenters. The summed E-state index contributed by atoms with van der Waals surface area (Å²) >= 11 is 0. The van der Waals surface area contributed by atoms with Crippen LogP contribution in [-0.4, -0.2) is 21.5 Å². The summed E-state index contributed by atoms with van der Waals surface area (Å²) in [6.45, 7) is 8.84. The van der Waals surface area contributed by atoms with Crippen molar-refractivity contribution in [3.8, 4) is 0 Å². The van der Waals surface area contributed by atoms with Gasteiger partial charge in [0, 0.05) is 0 Å². The fraction of sp³-hybridized carbons (Fsp3) is 0.846. The van der Waals surface area contributed by atoms with Gasteiger partial charge in [0.05, 0.1) is 17.5 Å². The molecule has 2 N–H and O–H groups in total. The number of hydrogen-bond donors (Lipinski definition) is 2. The van der Waals surface area contributed by atoms with Crippen LogP contribution in [0, 0.1) is 0 Å². The van der Waals surface area contributed by atoms with Crippen molar-refractivity contribution in [2.75, 3.05) is 0 Å². The van der Waals surface area contributed by atoms with Gasteiger partial charge in [-0.3, -0.25) is 4.57 Å². The zero-order chi connectivity index (χ0) is 11.4. The topological polar surface area (TPSA) is 66.8 Å².